The van der Waals surface area contributed by atoms with E-state index in [1.54, 1.807) is 31.3 Å². The molecule has 1 aliphatic heterocycles. The van der Waals surface area contributed by atoms with Gasteiger partial charge in [-0.1, -0.05) is 30.4 Å². The standard InChI is InChI=1S/C18H15N3O3S/c1-19(2)11-15-17(25)14-10-13(21(23)24)8-9-16(14)20(18(15)22)12-6-4-3-5-7-12/h3-11H,1-2H3. The van der Waals surface area contributed by atoms with Gasteiger partial charge in [-0.2, -0.15) is 0 Å². The van der Waals surface area contributed by atoms with E-state index in [0.717, 1.165) is 0 Å². The third kappa shape index (κ3) is 3.01. The van der Waals surface area contributed by atoms with E-state index in [1.807, 2.05) is 30.3 Å². The molecule has 0 unspecified atom stereocenters. The van der Waals surface area contributed by atoms with Crippen molar-refractivity contribution in [2.24, 2.45) is 0 Å². The van der Waals surface area contributed by atoms with Crippen LogP contribution in [0.5, 0.6) is 0 Å². The Bertz CT molecular complexity index is 907. The topological polar surface area (TPSA) is 66.7 Å². The van der Waals surface area contributed by atoms with Gasteiger partial charge >= 0.3 is 0 Å². The number of thiocarbonyl (C=S) groups is 1. The van der Waals surface area contributed by atoms with Crippen molar-refractivity contribution in [2.45, 2.75) is 0 Å². The maximum Gasteiger partial charge on any atom is 0.270 e. The largest absolute Gasteiger partial charge is 0.383 e. The number of carbonyl (C=O) groups excluding carboxylic acids is 1. The Kier molecular flexibility index (Phi) is 4.33. The monoisotopic (exact) mass is 353 g/mol. The summed E-state index contributed by atoms with van der Waals surface area (Å²) in [5.74, 6) is -0.258. The van der Waals surface area contributed by atoms with Gasteiger partial charge in [0.1, 0.15) is 0 Å². The second-order valence-corrected chi connectivity index (χ2v) is 6.18. The summed E-state index contributed by atoms with van der Waals surface area (Å²) >= 11 is 5.46. The van der Waals surface area contributed by atoms with Gasteiger partial charge in [-0.3, -0.25) is 19.8 Å². The molecular formula is C18H15N3O3S. The number of carbonyl (C=O) groups is 1. The molecule has 0 bridgehead atoms. The molecule has 126 valence electrons. The maximum absolute atomic E-state index is 13.1. The van der Waals surface area contributed by atoms with Crippen molar-refractivity contribution < 1.29 is 9.72 Å². The third-order valence-corrected chi connectivity index (χ3v) is 4.20. The zero-order valence-corrected chi connectivity index (χ0v) is 14.5. The molecule has 7 heteroatoms. The Labute approximate surface area is 150 Å². The summed E-state index contributed by atoms with van der Waals surface area (Å²) in [7, 11) is 3.58. The van der Waals surface area contributed by atoms with Gasteiger partial charge in [0, 0.05) is 43.7 Å². The Balaban J connectivity index is 2.26. The van der Waals surface area contributed by atoms with E-state index in [2.05, 4.69) is 0 Å². The third-order valence-electron chi connectivity index (χ3n) is 3.76. The lowest BCUT2D eigenvalue weighted by Crippen LogP contribution is -2.36. The molecule has 25 heavy (non-hydrogen) atoms. The Morgan fingerprint density at radius 1 is 1.16 bits per heavy atom. The summed E-state index contributed by atoms with van der Waals surface area (Å²) < 4.78 is 0. The summed E-state index contributed by atoms with van der Waals surface area (Å²) in [4.78, 5) is 27.3. The van der Waals surface area contributed by atoms with Crippen molar-refractivity contribution >= 4 is 40.1 Å². The van der Waals surface area contributed by atoms with Gasteiger partial charge in [-0.25, -0.2) is 0 Å². The minimum Gasteiger partial charge on any atom is -0.383 e. The van der Waals surface area contributed by atoms with Crippen molar-refractivity contribution in [1.82, 2.24) is 4.90 Å². The number of non-ortho nitro benzene ring substituents is 1. The molecule has 0 saturated heterocycles. The van der Waals surface area contributed by atoms with Crippen molar-refractivity contribution in [3.05, 3.63) is 76.0 Å². The van der Waals surface area contributed by atoms with E-state index < -0.39 is 4.92 Å². The van der Waals surface area contributed by atoms with Gasteiger partial charge in [0.05, 0.1) is 21.0 Å². The first-order chi connectivity index (χ1) is 11.9. The molecule has 1 amide bonds. The van der Waals surface area contributed by atoms with Crippen molar-refractivity contribution in [1.29, 1.82) is 0 Å². The van der Waals surface area contributed by atoms with Crippen LogP contribution in [0.2, 0.25) is 0 Å². The van der Waals surface area contributed by atoms with E-state index in [-0.39, 0.29) is 11.6 Å². The van der Waals surface area contributed by atoms with Crippen LogP contribution in [0.15, 0.2) is 60.3 Å². The highest BCUT2D eigenvalue weighted by atomic mass is 32.1. The Morgan fingerprint density at radius 3 is 2.44 bits per heavy atom. The van der Waals surface area contributed by atoms with Crippen LogP contribution < -0.4 is 4.90 Å². The molecule has 0 spiro atoms. The van der Waals surface area contributed by atoms with E-state index in [4.69, 9.17) is 12.2 Å². The summed E-state index contributed by atoms with van der Waals surface area (Å²) in [6.45, 7) is 0. The summed E-state index contributed by atoms with van der Waals surface area (Å²) in [5.41, 5.74) is 1.99. The Hall–Kier alpha value is -3.06. The molecule has 0 fully saturated rings. The normalized spacial score (nSPS) is 15.3. The van der Waals surface area contributed by atoms with E-state index >= 15 is 0 Å². The number of benzene rings is 2. The summed E-state index contributed by atoms with van der Waals surface area (Å²) in [6.07, 6.45) is 1.64. The molecule has 0 aromatic heterocycles. The number of nitro benzene ring substituents is 1. The first kappa shape index (κ1) is 16.8. The lowest BCUT2D eigenvalue weighted by molar-refractivity contribution is -0.384. The van der Waals surface area contributed by atoms with Crippen LogP contribution >= 0.6 is 12.2 Å². The second-order valence-electron chi connectivity index (χ2n) is 5.77. The maximum atomic E-state index is 13.1. The molecule has 6 nitrogen and oxygen atoms in total. The molecule has 0 radical (unpaired) electrons. The highest BCUT2D eigenvalue weighted by Crippen LogP contribution is 2.38. The number of fused-ring (bicyclic) bond motifs is 1. The van der Waals surface area contributed by atoms with Crippen LogP contribution in [0.4, 0.5) is 17.1 Å². The number of anilines is 2. The predicted molar refractivity (Wildman–Crippen MR) is 100 cm³/mol. The molecule has 0 atom stereocenters. The second kappa shape index (κ2) is 6.45. The lowest BCUT2D eigenvalue weighted by Gasteiger charge is -2.31. The Morgan fingerprint density at radius 2 is 1.84 bits per heavy atom. The SMILES string of the molecule is CN(C)C=C1C(=O)N(c2ccccc2)c2ccc([N+](=O)[O-])cc2C1=S. The molecular weight excluding hydrogens is 338 g/mol. The summed E-state index contributed by atoms with van der Waals surface area (Å²) in [6, 6.07) is 13.5. The first-order valence-corrected chi connectivity index (χ1v) is 7.92. The minimum atomic E-state index is -0.471. The average molecular weight is 353 g/mol. The van der Waals surface area contributed by atoms with Crippen molar-refractivity contribution in [3.63, 3.8) is 0 Å². The molecule has 0 saturated carbocycles. The predicted octanol–water partition coefficient (Wildman–Crippen LogP) is 3.44. The van der Waals surface area contributed by atoms with Crippen LogP contribution in [-0.4, -0.2) is 34.7 Å². The van der Waals surface area contributed by atoms with Crippen LogP contribution in [0.25, 0.3) is 0 Å². The van der Waals surface area contributed by atoms with Crippen LogP contribution in [0.1, 0.15) is 5.56 Å². The number of nitro groups is 1. The number of rotatable bonds is 3. The smallest absolute Gasteiger partial charge is 0.270 e. The van der Waals surface area contributed by atoms with E-state index in [1.165, 1.54) is 17.0 Å². The fourth-order valence-electron chi connectivity index (χ4n) is 2.69. The van der Waals surface area contributed by atoms with Gasteiger partial charge in [0.2, 0.25) is 0 Å². The van der Waals surface area contributed by atoms with Gasteiger partial charge in [-0.05, 0) is 18.2 Å². The number of amides is 1. The average Bonchev–Trinajstić information content (AvgIpc) is 2.59. The van der Waals surface area contributed by atoms with E-state index in [0.29, 0.717) is 27.4 Å². The van der Waals surface area contributed by atoms with Crippen molar-refractivity contribution in [3.8, 4) is 0 Å². The lowest BCUT2D eigenvalue weighted by atomic mass is 9.95. The number of hydrogen-bond acceptors (Lipinski definition) is 5. The zero-order valence-electron chi connectivity index (χ0n) is 13.7. The number of para-hydroxylation sites is 1. The molecule has 2 aromatic rings. The highest BCUT2D eigenvalue weighted by molar-refractivity contribution is 7.81. The fourth-order valence-corrected chi connectivity index (χ4v) is 3.00. The van der Waals surface area contributed by atoms with Crippen LogP contribution in [-0.2, 0) is 4.79 Å². The molecule has 3 rings (SSSR count). The number of hydrogen-bond donors (Lipinski definition) is 0. The first-order valence-electron chi connectivity index (χ1n) is 7.51. The van der Waals surface area contributed by atoms with E-state index in [9.17, 15) is 14.9 Å². The molecule has 2 aromatic carbocycles. The van der Waals surface area contributed by atoms with Crippen LogP contribution in [0.3, 0.4) is 0 Å². The molecule has 0 aliphatic carbocycles. The van der Waals surface area contributed by atoms with Crippen LogP contribution in [0, 0.1) is 10.1 Å². The quantitative estimate of drug-likeness (QED) is 0.366. The zero-order chi connectivity index (χ0) is 18.1. The highest BCUT2D eigenvalue weighted by Gasteiger charge is 2.34. The summed E-state index contributed by atoms with van der Waals surface area (Å²) in [5, 5.41) is 11.1. The fraction of sp³-hybridized carbons (Fsp3) is 0.111. The van der Waals surface area contributed by atoms with Gasteiger partial charge in [0.25, 0.3) is 11.6 Å². The van der Waals surface area contributed by atoms with Gasteiger partial charge in [0.15, 0.2) is 0 Å². The molecule has 1 heterocycles. The minimum absolute atomic E-state index is 0.0623. The van der Waals surface area contributed by atoms with Gasteiger partial charge in [-0.15, -0.1) is 0 Å². The molecule has 1 aliphatic rings. The van der Waals surface area contributed by atoms with Gasteiger partial charge < -0.3 is 4.90 Å². The van der Waals surface area contributed by atoms with Crippen molar-refractivity contribution in [2.75, 3.05) is 19.0 Å². The molecule has 0 N–H and O–H groups in total. The number of nitrogens with zero attached hydrogens (tertiary/aromatic N) is 3.